The average molecular weight is 1130 g/mol. The standard InChI is InChI=1S/C75H130O6/c1-4-7-10-13-16-19-22-25-27-29-31-33-34-35-36-37-38-39-40-42-43-45-47-50-53-56-59-62-65-68-74(77)80-71-72(70-79-73(76)67-64-61-58-55-52-49-24-21-18-15-12-9-6-3)81-75(78)69-66-63-60-57-54-51-48-46-44-41-32-30-28-26-23-20-17-14-11-8-5-2/h8,11,17,20,22,25-26,28-29,31-32,34-35,41,46,48,72H,4-7,9-10,12-16,18-19,21,23-24,27,30,33,36-40,42-45,47,49-71H2,1-3H3/b11-8-,20-17-,25-22-,28-26-,31-29-,35-34-,41-32-,48-46-. The zero-order valence-corrected chi connectivity index (χ0v) is 53.5. The molecule has 0 bridgehead atoms. The second kappa shape index (κ2) is 68.8. The smallest absolute Gasteiger partial charge is 0.306 e. The molecule has 6 heteroatoms. The van der Waals surface area contributed by atoms with E-state index in [9.17, 15) is 14.4 Å². The third-order valence-corrected chi connectivity index (χ3v) is 15.1. The second-order valence-electron chi connectivity index (χ2n) is 23.1. The molecule has 466 valence electrons. The zero-order chi connectivity index (χ0) is 58.5. The predicted octanol–water partition coefficient (Wildman–Crippen LogP) is 24.0. The van der Waals surface area contributed by atoms with Crippen molar-refractivity contribution in [1.82, 2.24) is 0 Å². The molecule has 0 amide bonds. The molecule has 81 heavy (non-hydrogen) atoms. The Labute approximate surface area is 502 Å². The fourth-order valence-corrected chi connectivity index (χ4v) is 9.89. The van der Waals surface area contributed by atoms with E-state index in [1.54, 1.807) is 0 Å². The van der Waals surface area contributed by atoms with Crippen molar-refractivity contribution >= 4 is 17.9 Å². The molecule has 1 atom stereocenters. The van der Waals surface area contributed by atoms with Crippen LogP contribution in [0.15, 0.2) is 97.2 Å². The maximum atomic E-state index is 12.9. The third-order valence-electron chi connectivity index (χ3n) is 15.1. The molecule has 0 fully saturated rings. The summed E-state index contributed by atoms with van der Waals surface area (Å²) in [4.78, 5) is 38.4. The Hall–Kier alpha value is -3.67. The largest absolute Gasteiger partial charge is 0.462 e. The molecule has 0 N–H and O–H groups in total. The molecule has 0 aliphatic rings. The van der Waals surface area contributed by atoms with Gasteiger partial charge in [-0.25, -0.2) is 0 Å². The van der Waals surface area contributed by atoms with Crippen LogP contribution in [-0.2, 0) is 28.6 Å². The minimum Gasteiger partial charge on any atom is -0.462 e. The lowest BCUT2D eigenvalue weighted by Gasteiger charge is -2.18. The van der Waals surface area contributed by atoms with Gasteiger partial charge in [-0.2, -0.15) is 0 Å². The summed E-state index contributed by atoms with van der Waals surface area (Å²) in [5.74, 6) is -0.887. The Morgan fingerprint density at radius 2 is 0.481 bits per heavy atom. The van der Waals surface area contributed by atoms with Gasteiger partial charge in [0.25, 0.3) is 0 Å². The Balaban J connectivity index is 4.29. The Kier molecular flexibility index (Phi) is 65.7. The molecule has 0 spiro atoms. The van der Waals surface area contributed by atoms with Crippen molar-refractivity contribution in [3.05, 3.63) is 97.2 Å². The SMILES string of the molecule is CC/C=C\C/C=C\C/C=C\C/C=C\C/C=C\CCCCCCCC(=O)OC(COC(=O)CCCCCCCCCCCCCCC)COC(=O)CCCCCCCCCCCCCCCC/C=C\C/C=C\C/C=C\CCCCCCC. The van der Waals surface area contributed by atoms with E-state index in [1.165, 1.54) is 180 Å². The van der Waals surface area contributed by atoms with Gasteiger partial charge in [0.2, 0.25) is 0 Å². The molecule has 0 saturated carbocycles. The van der Waals surface area contributed by atoms with Crippen LogP contribution in [0.3, 0.4) is 0 Å². The first-order valence-electron chi connectivity index (χ1n) is 34.7. The maximum absolute atomic E-state index is 12.9. The van der Waals surface area contributed by atoms with Crippen LogP contribution in [0.4, 0.5) is 0 Å². The quantitative estimate of drug-likeness (QED) is 0.0261. The number of esters is 3. The lowest BCUT2D eigenvalue weighted by atomic mass is 10.0. The molecule has 0 aliphatic heterocycles. The molecule has 0 radical (unpaired) electrons. The highest BCUT2D eigenvalue weighted by Crippen LogP contribution is 2.17. The summed E-state index contributed by atoms with van der Waals surface area (Å²) in [5.41, 5.74) is 0. The summed E-state index contributed by atoms with van der Waals surface area (Å²) in [5, 5.41) is 0. The number of allylic oxidation sites excluding steroid dienone is 16. The van der Waals surface area contributed by atoms with Crippen LogP contribution in [0.2, 0.25) is 0 Å². The number of rotatable bonds is 63. The number of ether oxygens (including phenoxy) is 3. The molecule has 0 heterocycles. The van der Waals surface area contributed by atoms with Crippen LogP contribution >= 0.6 is 0 Å². The van der Waals surface area contributed by atoms with Crippen molar-refractivity contribution in [2.45, 2.75) is 348 Å². The van der Waals surface area contributed by atoms with Crippen molar-refractivity contribution in [3.63, 3.8) is 0 Å². The number of carbonyl (C=O) groups excluding carboxylic acids is 3. The minimum absolute atomic E-state index is 0.0824. The molecule has 1 unspecified atom stereocenters. The van der Waals surface area contributed by atoms with Gasteiger partial charge in [0.15, 0.2) is 6.10 Å². The molecular weight excluding hydrogens is 997 g/mol. The van der Waals surface area contributed by atoms with Gasteiger partial charge in [0.05, 0.1) is 0 Å². The Bertz CT molecular complexity index is 1580. The number of hydrogen-bond donors (Lipinski definition) is 0. The molecule has 0 aliphatic carbocycles. The third kappa shape index (κ3) is 67.0. The topological polar surface area (TPSA) is 78.9 Å². The van der Waals surface area contributed by atoms with E-state index in [1.807, 2.05) is 0 Å². The lowest BCUT2D eigenvalue weighted by molar-refractivity contribution is -0.167. The minimum atomic E-state index is -0.788. The van der Waals surface area contributed by atoms with Crippen LogP contribution in [0.5, 0.6) is 0 Å². The van der Waals surface area contributed by atoms with Crippen molar-refractivity contribution in [2.75, 3.05) is 13.2 Å². The summed E-state index contributed by atoms with van der Waals surface area (Å²) in [6.45, 7) is 6.53. The van der Waals surface area contributed by atoms with Crippen LogP contribution in [0, 0.1) is 0 Å². The van der Waals surface area contributed by atoms with Crippen LogP contribution in [-0.4, -0.2) is 37.2 Å². The van der Waals surface area contributed by atoms with E-state index in [4.69, 9.17) is 14.2 Å². The van der Waals surface area contributed by atoms with E-state index in [0.29, 0.717) is 19.3 Å². The Morgan fingerprint density at radius 1 is 0.259 bits per heavy atom. The van der Waals surface area contributed by atoms with E-state index in [-0.39, 0.29) is 31.1 Å². The fraction of sp³-hybridized carbons (Fsp3) is 0.747. The first-order valence-corrected chi connectivity index (χ1v) is 34.7. The van der Waals surface area contributed by atoms with E-state index in [0.717, 1.165) is 122 Å². The van der Waals surface area contributed by atoms with Gasteiger partial charge in [0, 0.05) is 19.3 Å². The molecule has 6 nitrogen and oxygen atoms in total. The lowest BCUT2D eigenvalue weighted by Crippen LogP contribution is -2.30. The Morgan fingerprint density at radius 3 is 0.753 bits per heavy atom. The van der Waals surface area contributed by atoms with E-state index < -0.39 is 6.10 Å². The van der Waals surface area contributed by atoms with Crippen molar-refractivity contribution in [1.29, 1.82) is 0 Å². The monoisotopic (exact) mass is 1130 g/mol. The molecule has 0 aromatic rings. The number of unbranched alkanes of at least 4 members (excludes halogenated alkanes) is 36. The first-order chi connectivity index (χ1) is 40.0. The van der Waals surface area contributed by atoms with Gasteiger partial charge in [-0.15, -0.1) is 0 Å². The van der Waals surface area contributed by atoms with E-state index in [2.05, 4.69) is 118 Å². The van der Waals surface area contributed by atoms with Crippen LogP contribution < -0.4 is 0 Å². The highest BCUT2D eigenvalue weighted by molar-refractivity contribution is 5.71. The van der Waals surface area contributed by atoms with Crippen LogP contribution in [0.1, 0.15) is 342 Å². The first kappa shape index (κ1) is 77.3. The molecule has 0 aromatic carbocycles. The average Bonchev–Trinajstić information content (AvgIpc) is 3.46. The number of carbonyl (C=O) groups is 3. The van der Waals surface area contributed by atoms with Crippen molar-refractivity contribution in [3.8, 4) is 0 Å². The summed E-state index contributed by atoms with van der Waals surface area (Å²) in [6, 6.07) is 0. The summed E-state index contributed by atoms with van der Waals surface area (Å²) >= 11 is 0. The highest BCUT2D eigenvalue weighted by Gasteiger charge is 2.19. The predicted molar refractivity (Wildman–Crippen MR) is 353 cm³/mol. The summed E-state index contributed by atoms with van der Waals surface area (Å²) in [6.07, 6.45) is 92.8. The van der Waals surface area contributed by atoms with Gasteiger partial charge in [-0.05, 0) is 103 Å². The van der Waals surface area contributed by atoms with E-state index >= 15 is 0 Å². The molecule has 0 rings (SSSR count). The van der Waals surface area contributed by atoms with Crippen molar-refractivity contribution < 1.29 is 28.6 Å². The molecular formula is C75H130O6. The van der Waals surface area contributed by atoms with Gasteiger partial charge >= 0.3 is 17.9 Å². The van der Waals surface area contributed by atoms with Crippen LogP contribution in [0.25, 0.3) is 0 Å². The van der Waals surface area contributed by atoms with Gasteiger partial charge < -0.3 is 14.2 Å². The zero-order valence-electron chi connectivity index (χ0n) is 53.5. The van der Waals surface area contributed by atoms with Gasteiger partial charge in [-0.3, -0.25) is 14.4 Å². The normalized spacial score (nSPS) is 12.7. The van der Waals surface area contributed by atoms with Crippen molar-refractivity contribution in [2.24, 2.45) is 0 Å². The fourth-order valence-electron chi connectivity index (χ4n) is 9.89. The van der Waals surface area contributed by atoms with Gasteiger partial charge in [0.1, 0.15) is 13.2 Å². The van der Waals surface area contributed by atoms with Gasteiger partial charge in [-0.1, -0.05) is 317 Å². The summed E-state index contributed by atoms with van der Waals surface area (Å²) < 4.78 is 17.0. The second-order valence-corrected chi connectivity index (χ2v) is 23.1. The highest BCUT2D eigenvalue weighted by atomic mass is 16.6. The number of hydrogen-bond acceptors (Lipinski definition) is 6. The summed E-state index contributed by atoms with van der Waals surface area (Å²) in [7, 11) is 0. The maximum Gasteiger partial charge on any atom is 0.306 e. The molecule has 0 aromatic heterocycles. The molecule has 0 saturated heterocycles.